The molecule has 34 heavy (non-hydrogen) atoms. The van der Waals surface area contributed by atoms with E-state index in [1.807, 2.05) is 19.1 Å². The Bertz CT molecular complexity index is 1320. The molecule has 2 amide bonds. The van der Waals surface area contributed by atoms with Gasteiger partial charge >= 0.3 is 0 Å². The van der Waals surface area contributed by atoms with E-state index in [4.69, 9.17) is 0 Å². The normalized spacial score (nSPS) is 13.7. The molecule has 0 saturated carbocycles. The number of hydrogen-bond donors (Lipinski definition) is 1. The average molecular weight is 478 g/mol. The summed E-state index contributed by atoms with van der Waals surface area (Å²) >= 11 is 0. The summed E-state index contributed by atoms with van der Waals surface area (Å²) in [5.41, 5.74) is 3.37. The number of carbonyl (C=O) groups is 2. The van der Waals surface area contributed by atoms with E-state index >= 15 is 0 Å². The second-order valence-electron chi connectivity index (χ2n) is 8.31. The number of benzene rings is 3. The van der Waals surface area contributed by atoms with Gasteiger partial charge in [-0.3, -0.25) is 13.9 Å². The first-order valence-electron chi connectivity index (χ1n) is 11.1. The first-order valence-corrected chi connectivity index (χ1v) is 12.6. The Labute approximate surface area is 200 Å². The van der Waals surface area contributed by atoms with Crippen molar-refractivity contribution in [1.29, 1.82) is 0 Å². The van der Waals surface area contributed by atoms with Gasteiger partial charge in [0.2, 0.25) is 11.8 Å². The Morgan fingerprint density at radius 2 is 1.68 bits per heavy atom. The smallest absolute Gasteiger partial charge is 0.264 e. The van der Waals surface area contributed by atoms with Gasteiger partial charge in [-0.1, -0.05) is 42.5 Å². The van der Waals surface area contributed by atoms with Gasteiger partial charge in [0.25, 0.3) is 10.0 Å². The van der Waals surface area contributed by atoms with Crippen LogP contribution in [0.5, 0.6) is 0 Å². The average Bonchev–Trinajstić information content (AvgIpc) is 3.25. The summed E-state index contributed by atoms with van der Waals surface area (Å²) in [7, 11) is -3.98. The van der Waals surface area contributed by atoms with E-state index in [0.717, 1.165) is 27.5 Å². The maximum Gasteiger partial charge on any atom is 0.264 e. The lowest BCUT2D eigenvalue weighted by Gasteiger charge is -2.26. The number of amides is 2. The molecule has 1 heterocycles. The van der Waals surface area contributed by atoms with Crippen molar-refractivity contribution in [2.75, 3.05) is 27.6 Å². The number of rotatable bonds is 7. The topological polar surface area (TPSA) is 86.8 Å². The van der Waals surface area contributed by atoms with Crippen molar-refractivity contribution in [3.05, 3.63) is 83.9 Å². The molecule has 0 aliphatic carbocycles. The highest BCUT2D eigenvalue weighted by Gasteiger charge is 2.28. The fourth-order valence-corrected chi connectivity index (χ4v) is 5.58. The van der Waals surface area contributed by atoms with Crippen LogP contribution in [0, 0.1) is 13.8 Å². The van der Waals surface area contributed by atoms with Crippen molar-refractivity contribution in [3.8, 4) is 0 Å². The molecule has 0 spiro atoms. The van der Waals surface area contributed by atoms with Crippen LogP contribution in [0.25, 0.3) is 0 Å². The van der Waals surface area contributed by atoms with Crippen molar-refractivity contribution >= 4 is 38.9 Å². The largest absolute Gasteiger partial charge is 0.324 e. The molecule has 7 nitrogen and oxygen atoms in total. The summed E-state index contributed by atoms with van der Waals surface area (Å²) in [6, 6.07) is 20.5. The lowest BCUT2D eigenvalue weighted by Crippen LogP contribution is -2.38. The van der Waals surface area contributed by atoms with Crippen molar-refractivity contribution in [2.45, 2.75) is 31.6 Å². The molecule has 0 atom stereocenters. The van der Waals surface area contributed by atoms with Crippen molar-refractivity contribution in [2.24, 2.45) is 0 Å². The zero-order valence-electron chi connectivity index (χ0n) is 19.2. The summed E-state index contributed by atoms with van der Waals surface area (Å²) in [6.07, 6.45) is 1.32. The van der Waals surface area contributed by atoms with Gasteiger partial charge in [0.05, 0.1) is 10.6 Å². The van der Waals surface area contributed by atoms with Gasteiger partial charge in [0.1, 0.15) is 6.54 Å². The third-order valence-corrected chi connectivity index (χ3v) is 7.63. The zero-order chi connectivity index (χ0) is 24.3. The minimum Gasteiger partial charge on any atom is -0.324 e. The van der Waals surface area contributed by atoms with Crippen LogP contribution < -0.4 is 14.5 Å². The second kappa shape index (κ2) is 9.69. The fourth-order valence-electron chi connectivity index (χ4n) is 4.07. The molecule has 0 bridgehead atoms. The molecule has 3 aromatic carbocycles. The molecule has 1 aliphatic rings. The Morgan fingerprint density at radius 1 is 0.971 bits per heavy atom. The highest BCUT2D eigenvalue weighted by atomic mass is 32.2. The molecule has 1 N–H and O–H groups in total. The Morgan fingerprint density at radius 3 is 2.35 bits per heavy atom. The van der Waals surface area contributed by atoms with Crippen LogP contribution in [0.2, 0.25) is 0 Å². The third-order valence-electron chi connectivity index (χ3n) is 5.86. The minimum atomic E-state index is -3.98. The molecular weight excluding hydrogens is 450 g/mol. The highest BCUT2D eigenvalue weighted by Crippen LogP contribution is 2.29. The van der Waals surface area contributed by atoms with E-state index in [2.05, 4.69) is 5.32 Å². The molecule has 1 saturated heterocycles. The van der Waals surface area contributed by atoms with Crippen LogP contribution in [0.15, 0.2) is 77.7 Å². The minimum absolute atomic E-state index is 0.0614. The van der Waals surface area contributed by atoms with E-state index < -0.39 is 22.5 Å². The van der Waals surface area contributed by atoms with E-state index in [1.165, 1.54) is 12.1 Å². The molecule has 1 fully saturated rings. The first kappa shape index (κ1) is 23.5. The zero-order valence-corrected chi connectivity index (χ0v) is 20.0. The molecule has 0 radical (unpaired) electrons. The predicted octanol–water partition coefficient (Wildman–Crippen LogP) is 4.26. The molecule has 176 valence electrons. The summed E-state index contributed by atoms with van der Waals surface area (Å²) < 4.78 is 28.1. The predicted molar refractivity (Wildman–Crippen MR) is 134 cm³/mol. The number of sulfonamides is 1. The van der Waals surface area contributed by atoms with Crippen LogP contribution in [-0.4, -0.2) is 33.3 Å². The van der Waals surface area contributed by atoms with Crippen molar-refractivity contribution in [3.63, 3.8) is 0 Å². The van der Waals surface area contributed by atoms with Gasteiger partial charge in [-0.15, -0.1) is 0 Å². The van der Waals surface area contributed by atoms with E-state index in [1.54, 1.807) is 60.4 Å². The fraction of sp³-hybridized carbons (Fsp3) is 0.231. The standard InChI is InChI=1S/C26H27N3O4S/c1-19-9-6-7-12-23(19)29(34(32,33)22-10-4-3-5-11-22)18-25(30)27-21-15-14-20(2)24(17-21)28-16-8-13-26(28)31/h3-7,9-12,14-15,17H,8,13,16,18H2,1-2H3,(H,27,30). The molecule has 8 heteroatoms. The summed E-state index contributed by atoms with van der Waals surface area (Å²) in [5, 5.41) is 2.81. The number of carbonyl (C=O) groups excluding carboxylic acids is 2. The van der Waals surface area contributed by atoms with Crippen LogP contribution in [0.3, 0.4) is 0 Å². The molecule has 0 aromatic heterocycles. The van der Waals surface area contributed by atoms with Crippen molar-refractivity contribution in [1.82, 2.24) is 0 Å². The lowest BCUT2D eigenvalue weighted by molar-refractivity contribution is -0.117. The van der Waals surface area contributed by atoms with E-state index in [9.17, 15) is 18.0 Å². The number of anilines is 3. The quantitative estimate of drug-likeness (QED) is 0.551. The summed E-state index contributed by atoms with van der Waals surface area (Å²) in [4.78, 5) is 27.1. The van der Waals surface area contributed by atoms with Crippen LogP contribution >= 0.6 is 0 Å². The van der Waals surface area contributed by atoms with Gasteiger partial charge in [-0.05, 0) is 61.7 Å². The Hall–Kier alpha value is -3.65. The highest BCUT2D eigenvalue weighted by molar-refractivity contribution is 7.92. The lowest BCUT2D eigenvalue weighted by atomic mass is 10.1. The number of hydrogen-bond acceptors (Lipinski definition) is 4. The monoisotopic (exact) mass is 477 g/mol. The molecular formula is C26H27N3O4S. The SMILES string of the molecule is Cc1ccc(NC(=O)CN(c2ccccc2C)S(=O)(=O)c2ccccc2)cc1N1CCCC1=O. The molecule has 4 rings (SSSR count). The first-order chi connectivity index (χ1) is 16.3. The number of aryl methyl sites for hydroxylation is 2. The van der Waals surface area contributed by atoms with Crippen LogP contribution in [0.4, 0.5) is 17.1 Å². The second-order valence-corrected chi connectivity index (χ2v) is 10.2. The molecule has 0 unspecified atom stereocenters. The van der Waals surface area contributed by atoms with E-state index in [-0.39, 0.29) is 10.8 Å². The Kier molecular flexibility index (Phi) is 6.70. The number of nitrogens with zero attached hydrogens (tertiary/aromatic N) is 2. The van der Waals surface area contributed by atoms with Crippen LogP contribution in [-0.2, 0) is 19.6 Å². The number of nitrogens with one attached hydrogen (secondary N) is 1. The maximum absolute atomic E-state index is 13.5. The van der Waals surface area contributed by atoms with Crippen molar-refractivity contribution < 1.29 is 18.0 Å². The van der Waals surface area contributed by atoms with Gasteiger partial charge in [-0.2, -0.15) is 0 Å². The molecule has 1 aliphatic heterocycles. The molecule has 3 aromatic rings. The van der Waals surface area contributed by atoms with Gasteiger partial charge in [-0.25, -0.2) is 8.42 Å². The summed E-state index contributed by atoms with van der Waals surface area (Å²) in [5.74, 6) is -0.420. The van der Waals surface area contributed by atoms with Crippen LogP contribution in [0.1, 0.15) is 24.0 Å². The Balaban J connectivity index is 1.62. The van der Waals surface area contributed by atoms with Gasteiger partial charge in [0.15, 0.2) is 0 Å². The maximum atomic E-state index is 13.5. The van der Waals surface area contributed by atoms with E-state index in [0.29, 0.717) is 24.3 Å². The number of para-hydroxylation sites is 1. The third kappa shape index (κ3) is 4.82. The van der Waals surface area contributed by atoms with Gasteiger partial charge < -0.3 is 10.2 Å². The van der Waals surface area contributed by atoms with Gasteiger partial charge in [0, 0.05) is 24.3 Å². The summed E-state index contributed by atoms with van der Waals surface area (Å²) in [6.45, 7) is 3.97.